The predicted octanol–water partition coefficient (Wildman–Crippen LogP) is 3.74. The molecule has 5 nitrogen and oxygen atoms in total. The van der Waals surface area contributed by atoms with E-state index in [1.165, 1.54) is 11.1 Å². The second-order valence-corrected chi connectivity index (χ2v) is 7.22. The molecule has 0 saturated heterocycles. The van der Waals surface area contributed by atoms with Crippen LogP contribution in [0.1, 0.15) is 30.2 Å². The van der Waals surface area contributed by atoms with Crippen LogP contribution < -0.4 is 15.8 Å². The summed E-state index contributed by atoms with van der Waals surface area (Å²) in [5, 5.41) is 7.79. The number of hydrogen-bond donors (Lipinski definition) is 2. The van der Waals surface area contributed by atoms with Gasteiger partial charge in [-0.25, -0.2) is 13.5 Å². The largest absolute Gasteiger partial charge is 0.471 e. The number of rotatable bonds is 7. The van der Waals surface area contributed by atoms with E-state index >= 15 is 0 Å². The molecule has 3 rings (SSSR count). The molecule has 0 saturated carbocycles. The maximum Gasteiger partial charge on any atom is 0.272 e. The minimum Gasteiger partial charge on any atom is -0.471 e. The second-order valence-electron chi connectivity index (χ2n) is 6.42. The Morgan fingerprint density at radius 2 is 2.23 bits per heavy atom. The lowest BCUT2D eigenvalue weighted by Crippen LogP contribution is -2.27. The fraction of sp³-hybridized carbons (Fsp3) is 0.500. The number of ether oxygens (including phenoxy) is 1. The zero-order chi connectivity index (χ0) is 18.7. The van der Waals surface area contributed by atoms with Crippen molar-refractivity contribution in [1.29, 1.82) is 0 Å². The van der Waals surface area contributed by atoms with Gasteiger partial charge in [0.05, 0.1) is 12.2 Å². The number of nitrogens with two attached hydrogens (primary N) is 1. The van der Waals surface area contributed by atoms with Crippen LogP contribution >= 0.6 is 15.9 Å². The van der Waals surface area contributed by atoms with Gasteiger partial charge >= 0.3 is 0 Å². The molecule has 1 aromatic heterocycles. The van der Waals surface area contributed by atoms with E-state index in [2.05, 4.69) is 38.5 Å². The minimum atomic E-state index is -2.52. The van der Waals surface area contributed by atoms with Gasteiger partial charge in [0, 0.05) is 18.3 Å². The number of nitrogens with one attached hydrogen (secondary N) is 1. The molecule has 0 spiro atoms. The van der Waals surface area contributed by atoms with Crippen molar-refractivity contribution < 1.29 is 13.5 Å². The first kappa shape index (κ1) is 19.1. The molecule has 1 atom stereocenters. The summed E-state index contributed by atoms with van der Waals surface area (Å²) in [7, 11) is 0. The lowest BCUT2D eigenvalue weighted by molar-refractivity contribution is 0.0765. The highest BCUT2D eigenvalue weighted by Gasteiger charge is 2.19. The quantitative estimate of drug-likeness (QED) is 0.704. The third-order valence-electron chi connectivity index (χ3n) is 4.50. The Labute approximate surface area is 160 Å². The molecule has 142 valence electrons. The number of aryl methyl sites for hydroxylation is 2. The van der Waals surface area contributed by atoms with Gasteiger partial charge in [0.2, 0.25) is 5.88 Å². The molecular weight excluding hydrogens is 406 g/mol. The van der Waals surface area contributed by atoms with Gasteiger partial charge in [0.1, 0.15) is 4.47 Å². The average molecular weight is 429 g/mol. The van der Waals surface area contributed by atoms with Crippen LogP contribution in [-0.2, 0) is 25.9 Å². The third kappa shape index (κ3) is 4.35. The van der Waals surface area contributed by atoms with E-state index < -0.39 is 13.0 Å². The molecule has 0 unspecified atom stereocenters. The van der Waals surface area contributed by atoms with Crippen molar-refractivity contribution in [2.45, 2.75) is 51.7 Å². The first-order chi connectivity index (χ1) is 12.5. The van der Waals surface area contributed by atoms with Crippen molar-refractivity contribution in [3.63, 3.8) is 0 Å². The highest BCUT2D eigenvalue weighted by atomic mass is 79.9. The van der Waals surface area contributed by atoms with Crippen molar-refractivity contribution in [3.8, 4) is 5.88 Å². The molecule has 0 fully saturated rings. The Morgan fingerprint density at radius 3 is 2.96 bits per heavy atom. The van der Waals surface area contributed by atoms with E-state index in [1.807, 2.05) is 13.0 Å². The highest BCUT2D eigenvalue weighted by molar-refractivity contribution is 9.10. The Bertz CT molecular complexity index is 766. The number of halogens is 3. The van der Waals surface area contributed by atoms with E-state index in [-0.39, 0.29) is 6.04 Å². The number of benzene rings is 1. The molecule has 3 N–H and O–H groups in total. The first-order valence-electron chi connectivity index (χ1n) is 8.75. The van der Waals surface area contributed by atoms with Crippen LogP contribution in [0, 0.1) is 0 Å². The zero-order valence-corrected chi connectivity index (χ0v) is 16.2. The Balaban J connectivity index is 1.70. The summed E-state index contributed by atoms with van der Waals surface area (Å²) in [5.74, 6) is 0.337. The summed E-state index contributed by atoms with van der Waals surface area (Å²) in [6.07, 6.45) is 0.402. The highest BCUT2D eigenvalue weighted by Crippen LogP contribution is 2.30. The number of fused-ring (bicyclic) bond motifs is 1. The summed E-state index contributed by atoms with van der Waals surface area (Å²) in [4.78, 5) is 0. The van der Waals surface area contributed by atoms with Crippen LogP contribution in [0.3, 0.4) is 0 Å². The van der Waals surface area contributed by atoms with Crippen molar-refractivity contribution in [3.05, 3.63) is 39.5 Å². The maximum absolute atomic E-state index is 12.4. The molecule has 0 radical (unpaired) electrons. The number of nitrogens with zero attached hydrogens (tertiary/aromatic N) is 2. The smallest absolute Gasteiger partial charge is 0.272 e. The molecule has 2 aromatic rings. The second kappa shape index (κ2) is 8.35. The van der Waals surface area contributed by atoms with Gasteiger partial charge in [-0.05, 0) is 65.4 Å². The topological polar surface area (TPSA) is 65.1 Å². The summed E-state index contributed by atoms with van der Waals surface area (Å²) in [6, 6.07) is 6.56. The first-order valence-corrected chi connectivity index (χ1v) is 9.54. The normalized spacial score (nSPS) is 16.6. The van der Waals surface area contributed by atoms with Crippen LogP contribution in [0.25, 0.3) is 0 Å². The van der Waals surface area contributed by atoms with E-state index in [0.717, 1.165) is 30.6 Å². The van der Waals surface area contributed by atoms with Gasteiger partial charge in [-0.2, -0.15) is 5.10 Å². The molecular formula is C18H23BrF2N4O. The summed E-state index contributed by atoms with van der Waals surface area (Å²) >= 11 is 3.43. The monoisotopic (exact) mass is 428 g/mol. The van der Waals surface area contributed by atoms with Gasteiger partial charge in [-0.1, -0.05) is 6.07 Å². The van der Waals surface area contributed by atoms with E-state index in [0.29, 0.717) is 23.4 Å². The van der Waals surface area contributed by atoms with Crippen LogP contribution in [0.4, 0.5) is 14.5 Å². The molecule has 0 aliphatic heterocycles. The lowest BCUT2D eigenvalue weighted by atomic mass is 9.88. The average Bonchev–Trinajstić information content (AvgIpc) is 2.93. The van der Waals surface area contributed by atoms with Gasteiger partial charge in [0.15, 0.2) is 6.61 Å². The minimum absolute atomic E-state index is 0.252. The van der Waals surface area contributed by atoms with Gasteiger partial charge in [-0.15, -0.1) is 0 Å². The van der Waals surface area contributed by atoms with E-state index in [9.17, 15) is 8.78 Å². The van der Waals surface area contributed by atoms with E-state index in [4.69, 9.17) is 10.5 Å². The van der Waals surface area contributed by atoms with Gasteiger partial charge in [0.25, 0.3) is 6.43 Å². The fourth-order valence-corrected chi connectivity index (χ4v) is 3.70. The molecule has 1 aliphatic carbocycles. The van der Waals surface area contributed by atoms with Crippen molar-refractivity contribution in [1.82, 2.24) is 9.78 Å². The summed E-state index contributed by atoms with van der Waals surface area (Å²) in [6.45, 7) is 2.25. The predicted molar refractivity (Wildman–Crippen MR) is 101 cm³/mol. The van der Waals surface area contributed by atoms with E-state index in [1.54, 1.807) is 4.68 Å². The Morgan fingerprint density at radius 1 is 1.42 bits per heavy atom. The van der Waals surface area contributed by atoms with Crippen molar-refractivity contribution in [2.24, 2.45) is 5.73 Å². The van der Waals surface area contributed by atoms with Crippen LogP contribution in [0.5, 0.6) is 5.88 Å². The molecule has 8 heteroatoms. The zero-order valence-electron chi connectivity index (χ0n) is 14.6. The SMILES string of the molecule is CCn1nc(CNc2ccc3c(c2)CC[C@H](N)C3)c(Br)c1OCC(F)F. The molecule has 1 heterocycles. The van der Waals surface area contributed by atoms with Gasteiger partial charge < -0.3 is 15.8 Å². The standard InChI is InChI=1S/C18H23BrF2N4O/c1-2-25-18(26-10-16(20)21)17(19)15(24-25)9-23-14-6-4-11-7-13(22)5-3-12(11)8-14/h4,6,8,13,16,23H,2-3,5,7,9-10,22H2,1H3/t13-/m0/s1. The number of alkyl halides is 2. The van der Waals surface area contributed by atoms with Crippen LogP contribution in [0.2, 0.25) is 0 Å². The maximum atomic E-state index is 12.4. The van der Waals surface area contributed by atoms with Gasteiger partial charge in [-0.3, -0.25) is 0 Å². The molecule has 26 heavy (non-hydrogen) atoms. The van der Waals surface area contributed by atoms with Crippen LogP contribution in [-0.4, -0.2) is 28.9 Å². The van der Waals surface area contributed by atoms with Crippen molar-refractivity contribution >= 4 is 21.6 Å². The summed E-state index contributed by atoms with van der Waals surface area (Å²) in [5.41, 5.74) is 10.4. The number of aromatic nitrogens is 2. The number of anilines is 1. The number of hydrogen-bond acceptors (Lipinski definition) is 4. The third-order valence-corrected chi connectivity index (χ3v) is 5.29. The summed E-state index contributed by atoms with van der Waals surface area (Å²) < 4.78 is 32.3. The molecule has 0 bridgehead atoms. The lowest BCUT2D eigenvalue weighted by Gasteiger charge is -2.22. The molecule has 0 amide bonds. The Kier molecular flexibility index (Phi) is 6.13. The van der Waals surface area contributed by atoms with Crippen molar-refractivity contribution in [2.75, 3.05) is 11.9 Å². The van der Waals surface area contributed by atoms with Crippen LogP contribution in [0.15, 0.2) is 22.7 Å². The fourth-order valence-electron chi connectivity index (χ4n) is 3.16. The molecule has 1 aliphatic rings. The molecule has 1 aromatic carbocycles. The Hall–Kier alpha value is -1.67.